The molecular weight excluding hydrogens is 761 g/mol. The summed E-state index contributed by atoms with van der Waals surface area (Å²) in [6.45, 7) is 46.8. The van der Waals surface area contributed by atoms with Crippen LogP contribution in [-0.4, -0.2) is 79.4 Å². The molecule has 2 aliphatic rings. The van der Waals surface area contributed by atoms with Crippen molar-refractivity contribution in [3.05, 3.63) is 82.0 Å². The number of carbonyl (C=O) groups is 2. The van der Waals surface area contributed by atoms with Crippen molar-refractivity contribution in [3.8, 4) is 11.5 Å². The predicted molar refractivity (Wildman–Crippen MR) is 251 cm³/mol. The van der Waals surface area contributed by atoms with Crippen LogP contribution in [0.2, 0.25) is 0 Å². The summed E-state index contributed by atoms with van der Waals surface area (Å²) >= 11 is 0. The van der Waals surface area contributed by atoms with E-state index < -0.39 is 29.6 Å². The molecule has 0 amide bonds. The maximum Gasteiger partial charge on any atom is 0.324 e. The molecular formula is C53H82N2O6. The molecule has 2 heterocycles. The molecule has 0 radical (unpaired) electrons. The Kier molecular flexibility index (Phi) is 14.1. The van der Waals surface area contributed by atoms with Crippen molar-refractivity contribution in [2.75, 3.05) is 13.1 Å². The molecule has 0 unspecified atom stereocenters. The third-order valence-corrected chi connectivity index (χ3v) is 14.2. The second-order valence-electron chi connectivity index (χ2n) is 23.2. The molecule has 2 fully saturated rings. The van der Waals surface area contributed by atoms with E-state index in [1.165, 1.54) is 0 Å². The van der Waals surface area contributed by atoms with Crippen molar-refractivity contribution >= 4 is 11.9 Å². The lowest BCUT2D eigenvalue weighted by Gasteiger charge is -2.55. The number of likely N-dealkylation sites (tertiary alicyclic amines) is 2. The first-order valence-electron chi connectivity index (χ1n) is 22.5. The van der Waals surface area contributed by atoms with Crippen LogP contribution in [0.15, 0.2) is 37.4 Å². The Bertz CT molecular complexity index is 1830. The van der Waals surface area contributed by atoms with Crippen LogP contribution in [0.5, 0.6) is 11.5 Å². The van der Waals surface area contributed by atoms with E-state index in [0.29, 0.717) is 61.0 Å². The number of benzene rings is 2. The molecule has 0 aromatic heterocycles. The maximum atomic E-state index is 15.8. The molecule has 2 N–H and O–H groups in total. The summed E-state index contributed by atoms with van der Waals surface area (Å²) < 4.78 is 13.6. The van der Waals surface area contributed by atoms with Gasteiger partial charge in [-0.25, -0.2) is 0 Å². The quantitative estimate of drug-likeness (QED) is 0.124. The average Bonchev–Trinajstić information content (AvgIpc) is 3.08. The fraction of sp³-hybridized carbons (Fsp3) is 0.660. The second-order valence-corrected chi connectivity index (χ2v) is 23.2. The Hall–Kier alpha value is -3.62. The maximum absolute atomic E-state index is 15.8. The molecule has 2 aromatic rings. The Morgan fingerprint density at radius 1 is 0.623 bits per heavy atom. The number of carbonyl (C=O) groups excluding carboxylic acids is 2. The van der Waals surface area contributed by atoms with E-state index in [1.54, 1.807) is 0 Å². The number of esters is 2. The molecule has 2 aromatic carbocycles. The highest BCUT2D eigenvalue weighted by molar-refractivity contribution is 6.01. The van der Waals surface area contributed by atoms with Crippen LogP contribution in [0.4, 0.5) is 0 Å². The monoisotopic (exact) mass is 843 g/mol. The minimum Gasteiger partial charge on any atom is -0.507 e. The number of rotatable bonds is 12. The zero-order chi connectivity index (χ0) is 46.6. The summed E-state index contributed by atoms with van der Waals surface area (Å²) in [5.74, 6) is -0.991. The lowest BCUT2D eigenvalue weighted by Crippen LogP contribution is -2.63. The van der Waals surface area contributed by atoms with Gasteiger partial charge in [-0.3, -0.25) is 19.4 Å². The van der Waals surface area contributed by atoms with Crippen molar-refractivity contribution in [2.45, 2.75) is 208 Å². The van der Waals surface area contributed by atoms with Gasteiger partial charge in [0.15, 0.2) is 5.41 Å². The molecule has 0 saturated carbocycles. The third kappa shape index (κ3) is 10.1. The number of hydrogen-bond donors (Lipinski definition) is 2. The Morgan fingerprint density at radius 3 is 1.15 bits per heavy atom. The summed E-state index contributed by atoms with van der Waals surface area (Å²) in [6.07, 6.45) is 4.94. The number of aromatic hydroxyl groups is 2. The largest absolute Gasteiger partial charge is 0.507 e. The minimum absolute atomic E-state index is 0.0643. The van der Waals surface area contributed by atoms with Crippen LogP contribution in [0.1, 0.15) is 167 Å². The number of phenols is 2. The van der Waals surface area contributed by atoms with Gasteiger partial charge in [-0.15, -0.1) is 13.2 Å². The van der Waals surface area contributed by atoms with Crippen molar-refractivity contribution in [3.63, 3.8) is 0 Å². The number of aryl methyl sites for hydroxylation is 2. The highest BCUT2D eigenvalue weighted by atomic mass is 16.6. The van der Waals surface area contributed by atoms with Crippen molar-refractivity contribution in [1.29, 1.82) is 0 Å². The lowest BCUT2D eigenvalue weighted by molar-refractivity contribution is -0.188. The van der Waals surface area contributed by atoms with Gasteiger partial charge in [0.25, 0.3) is 0 Å². The van der Waals surface area contributed by atoms with Crippen molar-refractivity contribution in [1.82, 2.24) is 9.80 Å². The lowest BCUT2D eigenvalue weighted by atomic mass is 9.71. The minimum atomic E-state index is -1.89. The smallest absolute Gasteiger partial charge is 0.324 e. The molecule has 2 aliphatic heterocycles. The number of phenolic OH excluding ortho intramolecular Hbond substituents is 2. The first kappa shape index (κ1) is 50.0. The zero-order valence-corrected chi connectivity index (χ0v) is 41.5. The molecule has 340 valence electrons. The van der Waals surface area contributed by atoms with E-state index in [2.05, 4.69) is 120 Å². The predicted octanol–water partition coefficient (Wildman–Crippen LogP) is 11.2. The fourth-order valence-corrected chi connectivity index (χ4v) is 11.1. The highest BCUT2D eigenvalue weighted by Crippen LogP contribution is 2.47. The van der Waals surface area contributed by atoms with E-state index >= 15 is 9.59 Å². The number of piperidine rings is 2. The van der Waals surface area contributed by atoms with Gasteiger partial charge >= 0.3 is 11.9 Å². The molecule has 8 nitrogen and oxygen atoms in total. The molecule has 61 heavy (non-hydrogen) atoms. The van der Waals surface area contributed by atoms with Gasteiger partial charge in [0, 0.05) is 73.8 Å². The average molecular weight is 843 g/mol. The molecule has 8 heteroatoms. The van der Waals surface area contributed by atoms with Gasteiger partial charge in [0.05, 0.1) is 0 Å². The number of nitrogens with zero attached hydrogens (tertiary/aromatic N) is 2. The van der Waals surface area contributed by atoms with Crippen LogP contribution in [0, 0.1) is 33.1 Å². The summed E-state index contributed by atoms with van der Waals surface area (Å²) in [6, 6.07) is 3.97. The van der Waals surface area contributed by atoms with E-state index in [1.807, 2.05) is 52.0 Å². The van der Waals surface area contributed by atoms with Gasteiger partial charge < -0.3 is 19.7 Å². The normalized spacial score (nSPS) is 20.0. The van der Waals surface area contributed by atoms with Crippen molar-refractivity contribution < 1.29 is 29.3 Å². The highest BCUT2D eigenvalue weighted by Gasteiger charge is 2.55. The van der Waals surface area contributed by atoms with Gasteiger partial charge in [-0.05, 0) is 138 Å². The van der Waals surface area contributed by atoms with E-state index in [0.717, 1.165) is 22.3 Å². The molecule has 0 spiro atoms. The molecule has 0 atom stereocenters. The van der Waals surface area contributed by atoms with E-state index in [4.69, 9.17) is 9.47 Å². The van der Waals surface area contributed by atoms with E-state index in [9.17, 15) is 10.2 Å². The van der Waals surface area contributed by atoms with Crippen LogP contribution in [0.3, 0.4) is 0 Å². The van der Waals surface area contributed by atoms with Crippen molar-refractivity contribution in [2.24, 2.45) is 5.41 Å². The summed E-state index contributed by atoms with van der Waals surface area (Å²) in [5.41, 5.74) is 1.99. The van der Waals surface area contributed by atoms with Gasteiger partial charge in [0.2, 0.25) is 0 Å². The SMILES string of the molecule is C=CCN1C(C)(C)CC(OC(=O)C(Cc2c(C)cc(C(C)(C)C)c(O)c2C)(Cc2c(C)cc(C(C)(C)C)c(O)c2C)C(=O)OC2CC(C)(C)N(CC=C)C(C)(C)C2)CC1(C)C. The zero-order valence-electron chi connectivity index (χ0n) is 41.5. The summed E-state index contributed by atoms with van der Waals surface area (Å²) in [7, 11) is 0. The Labute approximate surface area is 370 Å². The molecule has 4 rings (SSSR count). The molecule has 0 aliphatic carbocycles. The standard InChI is InChI=1S/C53H82N2O6/c1-21-23-54-49(13,14)27-37(28-50(54,15)16)60-45(58)53(31-39-33(3)25-41(47(7,8)9)43(56)35(39)5,32-40-34(4)26-42(48(10,11)12)44(57)36(40)6)46(59)61-38-29-51(17,18)55(24-22-2)52(19,20)30-38/h21-22,25-26,37-38,56-57H,1-2,23-24,27-32H2,3-20H3. The first-order chi connectivity index (χ1) is 27.7. The van der Waals surface area contributed by atoms with Crippen LogP contribution in [0.25, 0.3) is 0 Å². The summed E-state index contributed by atoms with van der Waals surface area (Å²) in [5, 5.41) is 23.7. The van der Waals surface area contributed by atoms with Crippen LogP contribution < -0.4 is 0 Å². The van der Waals surface area contributed by atoms with E-state index in [-0.39, 0.29) is 57.3 Å². The summed E-state index contributed by atoms with van der Waals surface area (Å²) in [4.78, 5) is 36.4. The number of ether oxygens (including phenoxy) is 2. The van der Waals surface area contributed by atoms with Gasteiger partial charge in [-0.1, -0.05) is 65.8 Å². The Morgan fingerprint density at radius 2 is 0.902 bits per heavy atom. The second kappa shape index (κ2) is 17.2. The number of hydrogen-bond acceptors (Lipinski definition) is 8. The van der Waals surface area contributed by atoms with Gasteiger partial charge in [-0.2, -0.15) is 0 Å². The topological polar surface area (TPSA) is 99.5 Å². The Balaban J connectivity index is 2.03. The first-order valence-corrected chi connectivity index (χ1v) is 22.5. The molecule has 2 saturated heterocycles. The van der Waals surface area contributed by atoms with Gasteiger partial charge in [0.1, 0.15) is 23.7 Å². The van der Waals surface area contributed by atoms with Crippen LogP contribution >= 0.6 is 0 Å². The van der Waals surface area contributed by atoms with Crippen LogP contribution in [-0.2, 0) is 42.7 Å². The molecule has 0 bridgehead atoms. The fourth-order valence-electron chi connectivity index (χ4n) is 11.1. The third-order valence-electron chi connectivity index (χ3n) is 14.2.